The fourth-order valence-electron chi connectivity index (χ4n) is 1.40. The number of carbonyl (C=O) groups is 1. The molecule has 0 radical (unpaired) electrons. The van der Waals surface area contributed by atoms with Gasteiger partial charge in [-0.15, -0.1) is 0 Å². The summed E-state index contributed by atoms with van der Waals surface area (Å²) in [4.78, 5) is 11.8. The molecule has 1 amide bonds. The monoisotopic (exact) mass is 303 g/mol. The molecule has 5 heteroatoms. The van der Waals surface area contributed by atoms with Crippen molar-refractivity contribution in [3.8, 4) is 0 Å². The van der Waals surface area contributed by atoms with Crippen molar-refractivity contribution in [1.29, 1.82) is 0 Å². The molecule has 1 aromatic rings. The predicted molar refractivity (Wildman–Crippen MR) is 78.6 cm³/mol. The van der Waals surface area contributed by atoms with Crippen molar-refractivity contribution in [2.75, 3.05) is 6.54 Å². The minimum absolute atomic E-state index is 0.0579. The lowest BCUT2D eigenvalue weighted by atomic mass is 9.92. The first-order valence-electron chi connectivity index (χ1n) is 6.15. The number of hydrogen-bond donors (Lipinski definition) is 2. The van der Waals surface area contributed by atoms with Gasteiger partial charge in [0.2, 0.25) is 5.91 Å². The maximum Gasteiger partial charge on any atom is 0.224 e. The zero-order valence-corrected chi connectivity index (χ0v) is 12.8. The van der Waals surface area contributed by atoms with Gasteiger partial charge >= 0.3 is 0 Å². The molecular formula is C14H19Cl2NO2. The van der Waals surface area contributed by atoms with Gasteiger partial charge in [-0.25, -0.2) is 0 Å². The van der Waals surface area contributed by atoms with E-state index in [0.29, 0.717) is 15.6 Å². The molecule has 0 spiro atoms. The van der Waals surface area contributed by atoms with Crippen LogP contribution in [0.3, 0.4) is 0 Å². The lowest BCUT2D eigenvalue weighted by Gasteiger charge is -2.27. The third-order valence-electron chi connectivity index (χ3n) is 3.25. The van der Waals surface area contributed by atoms with Crippen LogP contribution in [-0.4, -0.2) is 23.2 Å². The number of rotatable bonds is 5. The summed E-state index contributed by atoms with van der Waals surface area (Å²) in [5.74, 6) is -0.132. The van der Waals surface area contributed by atoms with Crippen LogP contribution in [0.25, 0.3) is 0 Å². The van der Waals surface area contributed by atoms with Crippen LogP contribution in [0.5, 0.6) is 0 Å². The van der Waals surface area contributed by atoms with E-state index in [9.17, 15) is 9.90 Å². The molecule has 1 unspecified atom stereocenters. The fraction of sp³-hybridized carbons (Fsp3) is 0.500. The third kappa shape index (κ3) is 5.01. The molecule has 0 heterocycles. The van der Waals surface area contributed by atoms with Gasteiger partial charge in [0.25, 0.3) is 0 Å². The maximum absolute atomic E-state index is 11.8. The Labute approximate surface area is 123 Å². The standard InChI is InChI=1S/C14H19Cl2NO2/c1-9(2)14(3,19)8-17-13(18)7-10-6-11(15)4-5-12(10)16/h4-6,9,19H,7-8H2,1-3H3,(H,17,18). The number of benzene rings is 1. The fourth-order valence-corrected chi connectivity index (χ4v) is 1.77. The summed E-state index contributed by atoms with van der Waals surface area (Å²) in [6.07, 6.45) is 0.146. The zero-order valence-electron chi connectivity index (χ0n) is 11.3. The maximum atomic E-state index is 11.8. The molecule has 3 nitrogen and oxygen atoms in total. The van der Waals surface area contributed by atoms with Gasteiger partial charge in [0, 0.05) is 16.6 Å². The molecule has 0 aliphatic heterocycles. The van der Waals surface area contributed by atoms with E-state index in [-0.39, 0.29) is 24.8 Å². The van der Waals surface area contributed by atoms with Crippen LogP contribution in [0.1, 0.15) is 26.3 Å². The molecule has 0 fully saturated rings. The quantitative estimate of drug-likeness (QED) is 0.878. The average Bonchev–Trinajstić information content (AvgIpc) is 2.31. The van der Waals surface area contributed by atoms with Crippen LogP contribution < -0.4 is 5.32 Å². The van der Waals surface area contributed by atoms with Gasteiger partial charge < -0.3 is 10.4 Å². The van der Waals surface area contributed by atoms with Crippen molar-refractivity contribution in [2.45, 2.75) is 32.8 Å². The Morgan fingerprint density at radius 1 is 1.42 bits per heavy atom. The van der Waals surface area contributed by atoms with E-state index >= 15 is 0 Å². The van der Waals surface area contributed by atoms with Crippen LogP contribution in [-0.2, 0) is 11.2 Å². The van der Waals surface area contributed by atoms with Crippen LogP contribution in [0.15, 0.2) is 18.2 Å². The molecule has 0 aromatic heterocycles. The lowest BCUT2D eigenvalue weighted by molar-refractivity contribution is -0.122. The lowest BCUT2D eigenvalue weighted by Crippen LogP contribution is -2.44. The van der Waals surface area contributed by atoms with Gasteiger partial charge in [-0.1, -0.05) is 37.0 Å². The SMILES string of the molecule is CC(C)C(C)(O)CNC(=O)Cc1cc(Cl)ccc1Cl. The van der Waals surface area contributed by atoms with E-state index in [1.165, 1.54) is 0 Å². The van der Waals surface area contributed by atoms with E-state index in [4.69, 9.17) is 23.2 Å². The topological polar surface area (TPSA) is 49.3 Å². The number of nitrogens with one attached hydrogen (secondary N) is 1. The molecule has 1 atom stereocenters. The van der Waals surface area contributed by atoms with Crippen molar-refractivity contribution >= 4 is 29.1 Å². The van der Waals surface area contributed by atoms with Gasteiger partial charge in [0.1, 0.15) is 0 Å². The minimum Gasteiger partial charge on any atom is -0.388 e. The van der Waals surface area contributed by atoms with Crippen LogP contribution >= 0.6 is 23.2 Å². The normalized spacial score (nSPS) is 14.3. The number of amides is 1. The number of hydrogen-bond acceptors (Lipinski definition) is 2. The molecule has 106 valence electrons. The Kier molecular flexibility index (Phi) is 5.65. The summed E-state index contributed by atoms with van der Waals surface area (Å²) in [5, 5.41) is 13.8. The highest BCUT2D eigenvalue weighted by atomic mass is 35.5. The van der Waals surface area contributed by atoms with E-state index in [2.05, 4.69) is 5.32 Å². The van der Waals surface area contributed by atoms with Crippen LogP contribution in [0, 0.1) is 5.92 Å². The molecule has 0 aliphatic carbocycles. The number of carbonyl (C=O) groups excluding carboxylic acids is 1. The first-order chi connectivity index (χ1) is 8.72. The second-order valence-electron chi connectivity index (χ2n) is 5.20. The Hall–Kier alpha value is -0.770. The van der Waals surface area contributed by atoms with E-state index in [0.717, 1.165) is 0 Å². The molecule has 0 aliphatic rings. The average molecular weight is 304 g/mol. The first kappa shape index (κ1) is 16.3. The van der Waals surface area contributed by atoms with Gasteiger partial charge in [-0.05, 0) is 36.6 Å². The summed E-state index contributed by atoms with van der Waals surface area (Å²) < 4.78 is 0. The Morgan fingerprint density at radius 3 is 2.63 bits per heavy atom. The second kappa shape index (κ2) is 6.60. The van der Waals surface area contributed by atoms with Crippen LogP contribution in [0.4, 0.5) is 0 Å². The number of aliphatic hydroxyl groups is 1. The van der Waals surface area contributed by atoms with Crippen molar-refractivity contribution in [3.05, 3.63) is 33.8 Å². The Balaban J connectivity index is 2.59. The van der Waals surface area contributed by atoms with Gasteiger partial charge in [0.15, 0.2) is 0 Å². The van der Waals surface area contributed by atoms with Crippen molar-refractivity contribution in [1.82, 2.24) is 5.32 Å². The predicted octanol–water partition coefficient (Wildman–Crippen LogP) is 3.06. The molecule has 1 aromatic carbocycles. The second-order valence-corrected chi connectivity index (χ2v) is 6.04. The Morgan fingerprint density at radius 2 is 2.05 bits per heavy atom. The van der Waals surface area contributed by atoms with E-state index in [1.807, 2.05) is 13.8 Å². The van der Waals surface area contributed by atoms with Crippen molar-refractivity contribution in [2.24, 2.45) is 5.92 Å². The summed E-state index contributed by atoms with van der Waals surface area (Å²) in [6, 6.07) is 5.01. The summed E-state index contributed by atoms with van der Waals surface area (Å²) in [7, 11) is 0. The van der Waals surface area contributed by atoms with E-state index < -0.39 is 5.60 Å². The molecule has 19 heavy (non-hydrogen) atoms. The summed E-state index contributed by atoms with van der Waals surface area (Å²) >= 11 is 11.9. The highest BCUT2D eigenvalue weighted by Gasteiger charge is 2.25. The smallest absolute Gasteiger partial charge is 0.224 e. The summed E-state index contributed by atoms with van der Waals surface area (Å²) in [6.45, 7) is 5.71. The van der Waals surface area contributed by atoms with E-state index in [1.54, 1.807) is 25.1 Å². The molecule has 2 N–H and O–H groups in total. The van der Waals surface area contributed by atoms with Gasteiger partial charge in [-0.3, -0.25) is 4.79 Å². The Bertz CT molecular complexity index is 459. The van der Waals surface area contributed by atoms with Crippen molar-refractivity contribution in [3.63, 3.8) is 0 Å². The highest BCUT2D eigenvalue weighted by Crippen LogP contribution is 2.21. The zero-order chi connectivity index (χ0) is 14.6. The molecule has 0 saturated carbocycles. The first-order valence-corrected chi connectivity index (χ1v) is 6.91. The largest absolute Gasteiger partial charge is 0.388 e. The molecule has 0 saturated heterocycles. The minimum atomic E-state index is -0.923. The van der Waals surface area contributed by atoms with Crippen molar-refractivity contribution < 1.29 is 9.90 Å². The van der Waals surface area contributed by atoms with Gasteiger partial charge in [-0.2, -0.15) is 0 Å². The van der Waals surface area contributed by atoms with Crippen LogP contribution in [0.2, 0.25) is 10.0 Å². The van der Waals surface area contributed by atoms with Gasteiger partial charge in [0.05, 0.1) is 12.0 Å². The highest BCUT2D eigenvalue weighted by molar-refractivity contribution is 6.33. The molecule has 1 rings (SSSR count). The third-order valence-corrected chi connectivity index (χ3v) is 3.85. The number of halogens is 2. The molecular weight excluding hydrogens is 285 g/mol. The molecule has 0 bridgehead atoms. The summed E-state index contributed by atoms with van der Waals surface area (Å²) in [5.41, 5.74) is -0.246.